The SMILES string of the molecule is C#CCO[C@@H]1CC[C@H](OC)OC1. The maximum absolute atomic E-state index is 5.32. The van der Waals surface area contributed by atoms with Crippen molar-refractivity contribution in [3.8, 4) is 12.3 Å². The Balaban J connectivity index is 2.14. The minimum atomic E-state index is -0.0596. The Bertz CT molecular complexity index is 154. The summed E-state index contributed by atoms with van der Waals surface area (Å²) < 4.78 is 15.7. The molecule has 0 aromatic rings. The highest BCUT2D eigenvalue weighted by atomic mass is 16.7. The molecule has 1 fully saturated rings. The summed E-state index contributed by atoms with van der Waals surface area (Å²) in [6, 6.07) is 0. The van der Waals surface area contributed by atoms with Crippen LogP contribution in [0.4, 0.5) is 0 Å². The van der Waals surface area contributed by atoms with Crippen LogP contribution in [-0.4, -0.2) is 32.7 Å². The van der Waals surface area contributed by atoms with E-state index in [-0.39, 0.29) is 12.4 Å². The Hall–Kier alpha value is -0.560. The van der Waals surface area contributed by atoms with E-state index in [1.54, 1.807) is 7.11 Å². The van der Waals surface area contributed by atoms with Crippen LogP contribution in [0.3, 0.4) is 0 Å². The van der Waals surface area contributed by atoms with Gasteiger partial charge in [0.05, 0.1) is 12.7 Å². The lowest BCUT2D eigenvalue weighted by Gasteiger charge is -2.27. The summed E-state index contributed by atoms with van der Waals surface area (Å²) in [6.07, 6.45) is 6.98. The number of terminal acetylenes is 1. The highest BCUT2D eigenvalue weighted by Gasteiger charge is 2.21. The number of methoxy groups -OCH3 is 1. The minimum Gasteiger partial charge on any atom is -0.363 e. The van der Waals surface area contributed by atoms with Crippen molar-refractivity contribution in [2.24, 2.45) is 0 Å². The van der Waals surface area contributed by atoms with E-state index >= 15 is 0 Å². The Morgan fingerprint density at radius 3 is 2.92 bits per heavy atom. The quantitative estimate of drug-likeness (QED) is 0.586. The summed E-state index contributed by atoms with van der Waals surface area (Å²) in [5.41, 5.74) is 0. The van der Waals surface area contributed by atoms with Crippen LogP contribution in [0.5, 0.6) is 0 Å². The van der Waals surface area contributed by atoms with Crippen molar-refractivity contribution in [3.63, 3.8) is 0 Å². The molecule has 0 unspecified atom stereocenters. The third-order valence-electron chi connectivity index (χ3n) is 1.86. The zero-order chi connectivity index (χ0) is 8.81. The van der Waals surface area contributed by atoms with Crippen LogP contribution in [0.2, 0.25) is 0 Å². The summed E-state index contributed by atoms with van der Waals surface area (Å²) in [5, 5.41) is 0. The lowest BCUT2D eigenvalue weighted by molar-refractivity contribution is -0.179. The molecule has 0 saturated carbocycles. The first-order valence-electron chi connectivity index (χ1n) is 4.06. The minimum absolute atomic E-state index is 0.0596. The lowest BCUT2D eigenvalue weighted by atomic mass is 10.1. The summed E-state index contributed by atoms with van der Waals surface area (Å²) in [5.74, 6) is 2.43. The zero-order valence-corrected chi connectivity index (χ0v) is 7.29. The van der Waals surface area contributed by atoms with Gasteiger partial charge in [-0.2, -0.15) is 0 Å². The first kappa shape index (κ1) is 9.53. The smallest absolute Gasteiger partial charge is 0.157 e. The molecule has 1 aliphatic heterocycles. The molecule has 12 heavy (non-hydrogen) atoms. The molecule has 0 bridgehead atoms. The van der Waals surface area contributed by atoms with Crippen molar-refractivity contribution in [2.75, 3.05) is 20.3 Å². The molecule has 0 radical (unpaired) electrons. The van der Waals surface area contributed by atoms with E-state index in [4.69, 9.17) is 20.6 Å². The molecule has 0 spiro atoms. The maximum atomic E-state index is 5.32. The van der Waals surface area contributed by atoms with Gasteiger partial charge in [0.1, 0.15) is 6.61 Å². The molecule has 3 nitrogen and oxygen atoms in total. The van der Waals surface area contributed by atoms with Gasteiger partial charge in [-0.25, -0.2) is 0 Å². The van der Waals surface area contributed by atoms with Gasteiger partial charge in [-0.1, -0.05) is 5.92 Å². The molecule has 68 valence electrons. The van der Waals surface area contributed by atoms with Crippen molar-refractivity contribution in [3.05, 3.63) is 0 Å². The highest BCUT2D eigenvalue weighted by molar-refractivity contribution is 4.83. The third kappa shape index (κ3) is 2.82. The van der Waals surface area contributed by atoms with Crippen LogP contribution >= 0.6 is 0 Å². The second kappa shape index (κ2) is 5.15. The molecule has 0 N–H and O–H groups in total. The van der Waals surface area contributed by atoms with Gasteiger partial charge in [0.25, 0.3) is 0 Å². The van der Waals surface area contributed by atoms with Gasteiger partial charge < -0.3 is 14.2 Å². The first-order chi connectivity index (χ1) is 5.86. The van der Waals surface area contributed by atoms with E-state index in [1.165, 1.54) is 0 Å². The number of hydrogen-bond acceptors (Lipinski definition) is 3. The molecule has 3 heteroatoms. The molecule has 1 rings (SSSR count). The predicted octanol–water partition coefficient (Wildman–Crippen LogP) is 0.788. The second-order valence-corrected chi connectivity index (χ2v) is 2.71. The molecule has 0 aliphatic carbocycles. The van der Waals surface area contributed by atoms with E-state index in [2.05, 4.69) is 5.92 Å². The normalized spacial score (nSPS) is 29.7. The average molecular weight is 170 g/mol. The van der Waals surface area contributed by atoms with Gasteiger partial charge in [-0.3, -0.25) is 0 Å². The Morgan fingerprint density at radius 1 is 1.58 bits per heavy atom. The van der Waals surface area contributed by atoms with Crippen LogP contribution in [0.15, 0.2) is 0 Å². The number of hydrogen-bond donors (Lipinski definition) is 0. The van der Waals surface area contributed by atoms with E-state index in [9.17, 15) is 0 Å². The maximum Gasteiger partial charge on any atom is 0.157 e. The van der Waals surface area contributed by atoms with Gasteiger partial charge in [-0.15, -0.1) is 6.42 Å². The van der Waals surface area contributed by atoms with Gasteiger partial charge in [0.2, 0.25) is 0 Å². The number of ether oxygens (including phenoxy) is 3. The van der Waals surface area contributed by atoms with Crippen molar-refractivity contribution in [2.45, 2.75) is 25.2 Å². The topological polar surface area (TPSA) is 27.7 Å². The van der Waals surface area contributed by atoms with E-state index in [1.807, 2.05) is 0 Å². The Kier molecular flexibility index (Phi) is 4.09. The molecule has 0 aromatic carbocycles. The van der Waals surface area contributed by atoms with Crippen LogP contribution in [0, 0.1) is 12.3 Å². The summed E-state index contributed by atoms with van der Waals surface area (Å²) in [6.45, 7) is 0.950. The Morgan fingerprint density at radius 2 is 2.42 bits per heavy atom. The molecule has 1 heterocycles. The fourth-order valence-electron chi connectivity index (χ4n) is 1.19. The lowest BCUT2D eigenvalue weighted by Crippen LogP contribution is -2.32. The van der Waals surface area contributed by atoms with Crippen LogP contribution < -0.4 is 0 Å². The highest BCUT2D eigenvalue weighted by Crippen LogP contribution is 2.15. The molecular weight excluding hydrogens is 156 g/mol. The largest absolute Gasteiger partial charge is 0.363 e. The zero-order valence-electron chi connectivity index (χ0n) is 7.29. The van der Waals surface area contributed by atoms with Crippen molar-refractivity contribution < 1.29 is 14.2 Å². The third-order valence-corrected chi connectivity index (χ3v) is 1.86. The van der Waals surface area contributed by atoms with Gasteiger partial charge in [0, 0.05) is 13.5 Å². The standard InChI is InChI=1S/C9H14O3/c1-3-6-11-8-4-5-9(10-2)12-7-8/h1,8-9H,4-7H2,2H3/t8-,9-/m1/s1. The van der Waals surface area contributed by atoms with Crippen LogP contribution in [0.25, 0.3) is 0 Å². The van der Waals surface area contributed by atoms with E-state index in [0.717, 1.165) is 12.8 Å². The van der Waals surface area contributed by atoms with Crippen molar-refractivity contribution >= 4 is 0 Å². The van der Waals surface area contributed by atoms with E-state index in [0.29, 0.717) is 13.2 Å². The Labute approximate surface area is 73.0 Å². The monoisotopic (exact) mass is 170 g/mol. The second-order valence-electron chi connectivity index (χ2n) is 2.71. The fraction of sp³-hybridized carbons (Fsp3) is 0.778. The van der Waals surface area contributed by atoms with Crippen molar-refractivity contribution in [1.82, 2.24) is 0 Å². The molecular formula is C9H14O3. The summed E-state index contributed by atoms with van der Waals surface area (Å²) in [7, 11) is 1.65. The molecule has 1 aliphatic rings. The molecule has 0 amide bonds. The average Bonchev–Trinajstić information content (AvgIpc) is 2.15. The van der Waals surface area contributed by atoms with Gasteiger partial charge in [-0.05, 0) is 6.42 Å². The molecule has 2 atom stereocenters. The summed E-state index contributed by atoms with van der Waals surface area (Å²) in [4.78, 5) is 0. The van der Waals surface area contributed by atoms with Crippen LogP contribution in [0.1, 0.15) is 12.8 Å². The fourth-order valence-corrected chi connectivity index (χ4v) is 1.19. The number of rotatable bonds is 3. The molecule has 0 aromatic heterocycles. The summed E-state index contributed by atoms with van der Waals surface area (Å²) >= 11 is 0. The first-order valence-corrected chi connectivity index (χ1v) is 4.06. The van der Waals surface area contributed by atoms with E-state index < -0.39 is 0 Å². The van der Waals surface area contributed by atoms with Gasteiger partial charge >= 0.3 is 0 Å². The van der Waals surface area contributed by atoms with Crippen molar-refractivity contribution in [1.29, 1.82) is 0 Å². The predicted molar refractivity (Wildman–Crippen MR) is 44.6 cm³/mol. The molecule has 1 saturated heterocycles. The van der Waals surface area contributed by atoms with Gasteiger partial charge in [0.15, 0.2) is 6.29 Å². The van der Waals surface area contributed by atoms with Crippen LogP contribution in [-0.2, 0) is 14.2 Å².